The largest absolute Gasteiger partial charge is 0.373 e. The molecule has 0 aromatic heterocycles. The summed E-state index contributed by atoms with van der Waals surface area (Å²) in [6.07, 6.45) is 14.8. The van der Waals surface area contributed by atoms with Crippen molar-refractivity contribution in [1.29, 1.82) is 0 Å². The fourth-order valence-electron chi connectivity index (χ4n) is 3.08. The molecular formula is C23H30O. The van der Waals surface area contributed by atoms with Crippen molar-refractivity contribution >= 4 is 0 Å². The Hall–Kier alpha value is -1.78. The third-order valence-electron chi connectivity index (χ3n) is 4.50. The maximum absolute atomic E-state index is 5.62. The minimum absolute atomic E-state index is 0.569. The zero-order chi connectivity index (χ0) is 17.0. The first-order valence-corrected chi connectivity index (χ1v) is 9.27. The van der Waals surface area contributed by atoms with E-state index in [1.165, 1.54) is 31.2 Å². The second-order valence-electron chi connectivity index (χ2n) is 6.50. The lowest BCUT2D eigenvalue weighted by Crippen LogP contribution is -2.11. The summed E-state index contributed by atoms with van der Waals surface area (Å²) in [5.74, 6) is 8.17. The van der Waals surface area contributed by atoms with Crippen molar-refractivity contribution in [2.24, 2.45) is 11.8 Å². The van der Waals surface area contributed by atoms with E-state index in [9.17, 15) is 0 Å². The Bertz CT molecular complexity index is 575. The van der Waals surface area contributed by atoms with Crippen LogP contribution in [-0.4, -0.2) is 6.61 Å². The smallest absolute Gasteiger partial charge is 0.0721 e. The highest BCUT2D eigenvalue weighted by atomic mass is 16.5. The molecule has 1 fully saturated rings. The summed E-state index contributed by atoms with van der Waals surface area (Å²) in [6, 6.07) is 8.46. The Kier molecular flexibility index (Phi) is 8.42. The minimum Gasteiger partial charge on any atom is -0.373 e. The van der Waals surface area contributed by atoms with E-state index < -0.39 is 0 Å². The Morgan fingerprint density at radius 1 is 1.08 bits per heavy atom. The van der Waals surface area contributed by atoms with Crippen molar-refractivity contribution in [2.45, 2.75) is 52.6 Å². The van der Waals surface area contributed by atoms with Gasteiger partial charge in [0, 0.05) is 11.5 Å². The molecule has 0 radical (unpaired) electrons. The van der Waals surface area contributed by atoms with E-state index >= 15 is 0 Å². The average molecular weight is 322 g/mol. The minimum atomic E-state index is 0.569. The second-order valence-corrected chi connectivity index (χ2v) is 6.50. The van der Waals surface area contributed by atoms with E-state index in [-0.39, 0.29) is 0 Å². The number of hydrogen-bond donors (Lipinski definition) is 0. The van der Waals surface area contributed by atoms with Gasteiger partial charge in [-0.05, 0) is 62.6 Å². The van der Waals surface area contributed by atoms with Crippen molar-refractivity contribution < 1.29 is 4.74 Å². The average Bonchev–Trinajstić information content (AvgIpc) is 2.62. The lowest BCUT2D eigenvalue weighted by atomic mass is 9.82. The molecule has 1 nitrogen and oxygen atoms in total. The van der Waals surface area contributed by atoms with Crippen LogP contribution in [0.2, 0.25) is 0 Å². The molecule has 1 aliphatic rings. The van der Waals surface area contributed by atoms with Gasteiger partial charge in [0.2, 0.25) is 0 Å². The van der Waals surface area contributed by atoms with Gasteiger partial charge in [-0.25, -0.2) is 0 Å². The topological polar surface area (TPSA) is 9.23 Å². The van der Waals surface area contributed by atoms with E-state index in [4.69, 9.17) is 4.74 Å². The summed E-state index contributed by atoms with van der Waals surface area (Å²) >= 11 is 0. The molecule has 128 valence electrons. The van der Waals surface area contributed by atoms with Crippen LogP contribution in [0.5, 0.6) is 0 Å². The first-order valence-electron chi connectivity index (χ1n) is 9.27. The van der Waals surface area contributed by atoms with Crippen LogP contribution in [0.15, 0.2) is 48.6 Å². The Balaban J connectivity index is 1.77. The molecule has 0 aliphatic heterocycles. The van der Waals surface area contributed by atoms with Crippen LogP contribution in [0.4, 0.5) is 0 Å². The first kappa shape index (κ1) is 18.6. The quantitative estimate of drug-likeness (QED) is 0.360. The first-order chi connectivity index (χ1) is 11.8. The Morgan fingerprint density at radius 2 is 1.83 bits per heavy atom. The summed E-state index contributed by atoms with van der Waals surface area (Å²) in [7, 11) is 0. The summed E-state index contributed by atoms with van der Waals surface area (Å²) in [5, 5.41) is 0. The third-order valence-corrected chi connectivity index (χ3v) is 4.50. The van der Waals surface area contributed by atoms with Gasteiger partial charge in [0.25, 0.3) is 0 Å². The van der Waals surface area contributed by atoms with E-state index in [1.807, 2.05) is 0 Å². The zero-order valence-corrected chi connectivity index (χ0v) is 15.1. The number of benzene rings is 1. The highest BCUT2D eigenvalue weighted by Crippen LogP contribution is 2.29. The van der Waals surface area contributed by atoms with Crippen molar-refractivity contribution in [3.63, 3.8) is 0 Å². The van der Waals surface area contributed by atoms with Gasteiger partial charge in [-0.1, -0.05) is 55.2 Å². The van der Waals surface area contributed by atoms with Gasteiger partial charge in [-0.3, -0.25) is 0 Å². The maximum Gasteiger partial charge on any atom is 0.0721 e. The van der Waals surface area contributed by atoms with Crippen molar-refractivity contribution in [3.8, 4) is 11.8 Å². The van der Waals surface area contributed by atoms with E-state index in [0.29, 0.717) is 19.1 Å². The number of ether oxygens (including phenoxy) is 1. The van der Waals surface area contributed by atoms with Crippen LogP contribution >= 0.6 is 0 Å². The lowest BCUT2D eigenvalue weighted by Gasteiger charge is -2.22. The van der Waals surface area contributed by atoms with Gasteiger partial charge in [0.1, 0.15) is 0 Å². The molecule has 0 bridgehead atoms. The molecule has 0 saturated heterocycles. The predicted molar refractivity (Wildman–Crippen MR) is 103 cm³/mol. The standard InChI is InChI=1S/C23H30O/c1-3-5-6-18-24-19-23-16-14-22(15-17-23)13-12-21-10-8-20(7-4-2)9-11-21/h4-7,14-17,20-21H,3,8-11,18-19H2,1-2H3. The van der Waals surface area contributed by atoms with Gasteiger partial charge in [-0.2, -0.15) is 0 Å². The van der Waals surface area contributed by atoms with Crippen LogP contribution in [0.25, 0.3) is 0 Å². The molecule has 1 saturated carbocycles. The van der Waals surface area contributed by atoms with Gasteiger partial charge >= 0.3 is 0 Å². The van der Waals surface area contributed by atoms with E-state index in [2.05, 4.69) is 74.3 Å². The van der Waals surface area contributed by atoms with Crippen LogP contribution in [0, 0.1) is 23.7 Å². The predicted octanol–water partition coefficient (Wildman–Crippen LogP) is 5.90. The molecule has 0 unspecified atom stereocenters. The molecule has 1 aromatic rings. The molecule has 1 aromatic carbocycles. The second kappa shape index (κ2) is 10.9. The summed E-state index contributed by atoms with van der Waals surface area (Å²) in [5.41, 5.74) is 2.32. The number of allylic oxidation sites excluding steroid dienone is 3. The molecule has 1 heteroatoms. The number of hydrogen-bond acceptors (Lipinski definition) is 1. The summed E-state index contributed by atoms with van der Waals surface area (Å²) < 4.78 is 5.62. The molecule has 0 atom stereocenters. The van der Waals surface area contributed by atoms with Crippen LogP contribution < -0.4 is 0 Å². The summed E-state index contributed by atoms with van der Waals surface area (Å²) in [4.78, 5) is 0. The SMILES string of the molecule is CC=CC1CCC(C#Cc2ccc(COCC=CCC)cc2)CC1. The Labute approximate surface area is 147 Å². The lowest BCUT2D eigenvalue weighted by molar-refractivity contribution is 0.148. The van der Waals surface area contributed by atoms with Crippen molar-refractivity contribution in [3.05, 3.63) is 59.7 Å². The molecule has 0 amide bonds. The van der Waals surface area contributed by atoms with Gasteiger partial charge in [0.15, 0.2) is 0 Å². The number of rotatable bonds is 6. The molecule has 0 heterocycles. The highest BCUT2D eigenvalue weighted by molar-refractivity contribution is 5.36. The molecule has 0 spiro atoms. The van der Waals surface area contributed by atoms with Gasteiger partial charge in [-0.15, -0.1) is 0 Å². The third kappa shape index (κ3) is 6.77. The van der Waals surface area contributed by atoms with Gasteiger partial charge in [0.05, 0.1) is 13.2 Å². The van der Waals surface area contributed by atoms with Crippen LogP contribution in [0.1, 0.15) is 57.1 Å². The van der Waals surface area contributed by atoms with Crippen molar-refractivity contribution in [1.82, 2.24) is 0 Å². The zero-order valence-electron chi connectivity index (χ0n) is 15.1. The van der Waals surface area contributed by atoms with Crippen LogP contribution in [0.3, 0.4) is 0 Å². The highest BCUT2D eigenvalue weighted by Gasteiger charge is 2.17. The maximum atomic E-state index is 5.62. The molecule has 0 N–H and O–H groups in total. The molecule has 24 heavy (non-hydrogen) atoms. The normalized spacial score (nSPS) is 21.1. The molecule has 1 aliphatic carbocycles. The molecule has 2 rings (SSSR count). The van der Waals surface area contributed by atoms with Gasteiger partial charge < -0.3 is 4.74 Å². The molecular weight excluding hydrogens is 292 g/mol. The fourth-order valence-corrected chi connectivity index (χ4v) is 3.08. The van der Waals surface area contributed by atoms with E-state index in [0.717, 1.165) is 17.9 Å². The fraction of sp³-hybridized carbons (Fsp3) is 0.478. The monoisotopic (exact) mass is 322 g/mol. The Morgan fingerprint density at radius 3 is 2.50 bits per heavy atom. The van der Waals surface area contributed by atoms with Crippen molar-refractivity contribution in [2.75, 3.05) is 6.61 Å². The van der Waals surface area contributed by atoms with Crippen LogP contribution in [-0.2, 0) is 11.3 Å². The summed E-state index contributed by atoms with van der Waals surface area (Å²) in [6.45, 7) is 5.59. The van der Waals surface area contributed by atoms with E-state index in [1.54, 1.807) is 0 Å².